The fourth-order valence-electron chi connectivity index (χ4n) is 4.56. The standard InChI is InChI=1S/C24H24ClNO5/c1-14-3-2-6-26(10-14)11-19-20(27)5-4-18-22(28)21(31-24(18)19)9-15-7-17(25)8-16-12-29-13-30-23(15)16/h4-5,7-9,14,27H,2-3,6,10-13H2,1H3/b21-9-/t14-/m0/s1. The Bertz CT molecular complexity index is 1080. The van der Waals surface area contributed by atoms with Crippen LogP contribution in [0.5, 0.6) is 17.2 Å². The highest BCUT2D eigenvalue weighted by molar-refractivity contribution is 6.31. The molecular weight excluding hydrogens is 418 g/mol. The number of ketones is 1. The molecule has 162 valence electrons. The van der Waals surface area contributed by atoms with Crippen molar-refractivity contribution < 1.29 is 24.1 Å². The average molecular weight is 442 g/mol. The second kappa shape index (κ2) is 8.19. The number of piperidine rings is 1. The van der Waals surface area contributed by atoms with E-state index in [0.29, 0.717) is 52.3 Å². The molecule has 3 aliphatic heterocycles. The van der Waals surface area contributed by atoms with Crippen molar-refractivity contribution >= 4 is 23.5 Å². The minimum absolute atomic E-state index is 0.145. The number of hydrogen-bond donors (Lipinski definition) is 1. The number of allylic oxidation sites excluding steroid dienone is 1. The molecule has 3 aliphatic rings. The van der Waals surface area contributed by atoms with Crippen molar-refractivity contribution in [2.45, 2.75) is 32.9 Å². The van der Waals surface area contributed by atoms with Crippen LogP contribution in [0.3, 0.4) is 0 Å². The molecule has 1 fully saturated rings. The second-order valence-corrected chi connectivity index (χ2v) is 8.89. The normalized spacial score (nSPS) is 22.1. The molecule has 6 nitrogen and oxygen atoms in total. The predicted molar refractivity (Wildman–Crippen MR) is 116 cm³/mol. The van der Waals surface area contributed by atoms with Gasteiger partial charge in [0.25, 0.3) is 0 Å². The summed E-state index contributed by atoms with van der Waals surface area (Å²) in [5, 5.41) is 11.1. The van der Waals surface area contributed by atoms with Crippen molar-refractivity contribution in [2.75, 3.05) is 19.9 Å². The molecule has 1 saturated heterocycles. The van der Waals surface area contributed by atoms with Gasteiger partial charge in [0.05, 0.1) is 17.7 Å². The summed E-state index contributed by atoms with van der Waals surface area (Å²) in [7, 11) is 0. The smallest absolute Gasteiger partial charge is 0.231 e. The lowest BCUT2D eigenvalue weighted by molar-refractivity contribution is -0.0165. The van der Waals surface area contributed by atoms with E-state index >= 15 is 0 Å². The van der Waals surface area contributed by atoms with Crippen LogP contribution in [0.4, 0.5) is 0 Å². The van der Waals surface area contributed by atoms with Gasteiger partial charge >= 0.3 is 0 Å². The summed E-state index contributed by atoms with van der Waals surface area (Å²) in [4.78, 5) is 15.4. The van der Waals surface area contributed by atoms with E-state index in [1.165, 1.54) is 6.42 Å². The Labute approximate surface area is 186 Å². The lowest BCUT2D eigenvalue weighted by Gasteiger charge is -2.31. The Morgan fingerprint density at radius 2 is 2.16 bits per heavy atom. The van der Waals surface area contributed by atoms with Gasteiger partial charge in [-0.05, 0) is 55.6 Å². The summed E-state index contributed by atoms with van der Waals surface area (Å²) < 4.78 is 17.0. The summed E-state index contributed by atoms with van der Waals surface area (Å²) in [6, 6.07) is 6.73. The minimum Gasteiger partial charge on any atom is -0.507 e. The predicted octanol–water partition coefficient (Wildman–Crippen LogP) is 4.76. The zero-order valence-corrected chi connectivity index (χ0v) is 18.1. The van der Waals surface area contributed by atoms with Crippen LogP contribution in [0, 0.1) is 5.92 Å². The lowest BCUT2D eigenvalue weighted by Crippen LogP contribution is -2.33. The van der Waals surface area contributed by atoms with Crippen LogP contribution in [0.1, 0.15) is 46.8 Å². The van der Waals surface area contributed by atoms with Crippen molar-refractivity contribution in [3.63, 3.8) is 0 Å². The molecule has 31 heavy (non-hydrogen) atoms. The Kier molecular flexibility index (Phi) is 5.38. The molecule has 0 radical (unpaired) electrons. The second-order valence-electron chi connectivity index (χ2n) is 8.46. The number of rotatable bonds is 3. The fourth-order valence-corrected chi connectivity index (χ4v) is 4.81. The SMILES string of the molecule is C[C@H]1CCCN(Cc2c(O)ccc3c2O/C(=C\c2cc(Cl)cc4c2OCOC4)C3=O)C1. The molecule has 1 atom stereocenters. The maximum Gasteiger partial charge on any atom is 0.231 e. The molecule has 1 N–H and O–H groups in total. The third-order valence-corrected chi connectivity index (χ3v) is 6.25. The zero-order chi connectivity index (χ0) is 21.5. The number of halogens is 1. The number of phenols is 1. The van der Waals surface area contributed by atoms with Gasteiger partial charge in [0.15, 0.2) is 12.6 Å². The van der Waals surface area contributed by atoms with Crippen LogP contribution in [0.2, 0.25) is 5.02 Å². The number of ether oxygens (including phenoxy) is 3. The first-order chi connectivity index (χ1) is 15.0. The molecule has 2 aromatic rings. The number of nitrogens with zero attached hydrogens (tertiary/aromatic N) is 1. The largest absolute Gasteiger partial charge is 0.507 e. The van der Waals surface area contributed by atoms with Crippen molar-refractivity contribution in [1.29, 1.82) is 0 Å². The number of carbonyl (C=O) groups is 1. The van der Waals surface area contributed by atoms with Crippen molar-refractivity contribution in [3.05, 3.63) is 57.3 Å². The zero-order valence-electron chi connectivity index (χ0n) is 17.3. The van der Waals surface area contributed by atoms with Crippen LogP contribution in [-0.2, 0) is 17.9 Å². The van der Waals surface area contributed by atoms with E-state index in [0.717, 1.165) is 25.1 Å². The Morgan fingerprint density at radius 3 is 3.00 bits per heavy atom. The molecular formula is C24H24ClNO5. The van der Waals surface area contributed by atoms with E-state index in [-0.39, 0.29) is 24.1 Å². The van der Waals surface area contributed by atoms with Gasteiger partial charge in [0.1, 0.15) is 17.2 Å². The maximum absolute atomic E-state index is 13.1. The first-order valence-corrected chi connectivity index (χ1v) is 10.9. The molecule has 0 spiro atoms. The van der Waals surface area contributed by atoms with Crippen molar-refractivity contribution in [1.82, 2.24) is 4.90 Å². The van der Waals surface area contributed by atoms with Crippen molar-refractivity contribution in [2.24, 2.45) is 5.92 Å². The Balaban J connectivity index is 1.49. The van der Waals surface area contributed by atoms with E-state index in [9.17, 15) is 9.90 Å². The molecule has 0 aliphatic carbocycles. The molecule has 0 saturated carbocycles. The molecule has 5 rings (SSSR count). The Hall–Kier alpha value is -2.54. The highest BCUT2D eigenvalue weighted by Gasteiger charge is 2.32. The highest BCUT2D eigenvalue weighted by atomic mass is 35.5. The van der Waals surface area contributed by atoms with Gasteiger partial charge in [-0.25, -0.2) is 0 Å². The van der Waals surface area contributed by atoms with E-state index in [1.54, 1.807) is 30.3 Å². The number of Topliss-reactive ketones (excluding diaryl/α,β-unsaturated/α-hetero) is 1. The van der Waals surface area contributed by atoms with Gasteiger partial charge in [0, 0.05) is 29.2 Å². The summed E-state index contributed by atoms with van der Waals surface area (Å²) in [6.07, 6.45) is 4.00. The van der Waals surface area contributed by atoms with Crippen LogP contribution >= 0.6 is 11.6 Å². The highest BCUT2D eigenvalue weighted by Crippen LogP contribution is 2.41. The van der Waals surface area contributed by atoms with Gasteiger partial charge in [-0.3, -0.25) is 9.69 Å². The van der Waals surface area contributed by atoms with E-state index in [4.69, 9.17) is 25.8 Å². The van der Waals surface area contributed by atoms with E-state index in [1.807, 2.05) is 0 Å². The molecule has 0 unspecified atom stereocenters. The summed E-state index contributed by atoms with van der Waals surface area (Å²) in [6.45, 7) is 5.26. The summed E-state index contributed by atoms with van der Waals surface area (Å²) >= 11 is 6.25. The van der Waals surface area contributed by atoms with Crippen LogP contribution < -0.4 is 9.47 Å². The first-order valence-electron chi connectivity index (χ1n) is 10.5. The molecule has 0 bridgehead atoms. The molecule has 3 heterocycles. The van der Waals surface area contributed by atoms with Crippen molar-refractivity contribution in [3.8, 4) is 17.2 Å². The van der Waals surface area contributed by atoms with Gasteiger partial charge in [-0.2, -0.15) is 0 Å². The fraction of sp³-hybridized carbons (Fsp3) is 0.375. The number of phenolic OH excluding ortho intramolecular Hbond substituents is 1. The summed E-state index contributed by atoms with van der Waals surface area (Å²) in [5.74, 6) is 1.81. The number of carbonyl (C=O) groups excluding carboxylic acids is 1. The third-order valence-electron chi connectivity index (χ3n) is 6.03. The quantitative estimate of drug-likeness (QED) is 0.692. The molecule has 2 aromatic carbocycles. The van der Waals surface area contributed by atoms with Gasteiger partial charge in [0.2, 0.25) is 5.78 Å². The van der Waals surface area contributed by atoms with Gasteiger partial charge in [-0.15, -0.1) is 0 Å². The van der Waals surface area contributed by atoms with E-state index < -0.39 is 0 Å². The van der Waals surface area contributed by atoms with E-state index in [2.05, 4.69) is 11.8 Å². The van der Waals surface area contributed by atoms with Crippen LogP contribution in [0.25, 0.3) is 6.08 Å². The number of aromatic hydroxyl groups is 1. The number of likely N-dealkylation sites (tertiary alicyclic amines) is 1. The molecule has 0 amide bonds. The third kappa shape index (κ3) is 3.91. The molecule has 0 aromatic heterocycles. The average Bonchev–Trinajstić information content (AvgIpc) is 3.06. The number of benzene rings is 2. The Morgan fingerprint density at radius 1 is 1.29 bits per heavy atom. The maximum atomic E-state index is 13.1. The molecule has 7 heteroatoms. The van der Waals surface area contributed by atoms with Crippen LogP contribution in [0.15, 0.2) is 30.0 Å². The number of fused-ring (bicyclic) bond motifs is 2. The minimum atomic E-state index is -0.218. The summed E-state index contributed by atoms with van der Waals surface area (Å²) in [5.41, 5.74) is 2.61. The van der Waals surface area contributed by atoms with Crippen LogP contribution in [-0.4, -0.2) is 35.7 Å². The topological polar surface area (TPSA) is 68.2 Å². The monoisotopic (exact) mass is 441 g/mol. The lowest BCUT2D eigenvalue weighted by atomic mass is 9.99. The van der Waals surface area contributed by atoms with Gasteiger partial charge < -0.3 is 19.3 Å². The first kappa shape index (κ1) is 20.4. The van der Waals surface area contributed by atoms with Gasteiger partial charge in [-0.1, -0.05) is 18.5 Å². The number of hydrogen-bond acceptors (Lipinski definition) is 6.